The molecule has 0 fully saturated rings. The van der Waals surface area contributed by atoms with Gasteiger partial charge in [-0.3, -0.25) is 4.79 Å². The van der Waals surface area contributed by atoms with E-state index in [2.05, 4.69) is 4.98 Å². The van der Waals surface area contributed by atoms with Gasteiger partial charge in [0.25, 0.3) is 5.91 Å². The van der Waals surface area contributed by atoms with E-state index in [1.807, 2.05) is 47.8 Å². The summed E-state index contributed by atoms with van der Waals surface area (Å²) in [5.74, 6) is -1.56. The molecular weight excluding hydrogens is 499 g/mol. The molecule has 4 rings (SSSR count). The van der Waals surface area contributed by atoms with E-state index in [1.165, 1.54) is 39.7 Å². The first-order valence-corrected chi connectivity index (χ1v) is 12.4. The van der Waals surface area contributed by atoms with Gasteiger partial charge in [0.2, 0.25) is 0 Å². The number of carbonyl (C=O) groups excluding carboxylic acids is 1. The Labute approximate surface area is 208 Å². The number of nitrogens with zero attached hydrogens (tertiary/aromatic N) is 2. The van der Waals surface area contributed by atoms with E-state index in [-0.39, 0.29) is 23.6 Å². The normalized spacial score (nSPS) is 11.8. The summed E-state index contributed by atoms with van der Waals surface area (Å²) in [5, 5.41) is 13.4. The Hall–Kier alpha value is -2.71. The molecule has 0 aliphatic carbocycles. The minimum absolute atomic E-state index is 0.123. The summed E-state index contributed by atoms with van der Waals surface area (Å²) in [6.07, 6.45) is 1.90. The van der Waals surface area contributed by atoms with Crippen LogP contribution >= 0.6 is 45.9 Å². The summed E-state index contributed by atoms with van der Waals surface area (Å²) in [6, 6.07) is 16.6. The first-order valence-electron chi connectivity index (χ1n) is 9.93. The van der Waals surface area contributed by atoms with Crippen LogP contribution in [-0.2, 0) is 17.8 Å². The van der Waals surface area contributed by atoms with Crippen LogP contribution in [-0.4, -0.2) is 32.9 Å². The van der Waals surface area contributed by atoms with Crippen LogP contribution in [0.1, 0.15) is 20.8 Å². The maximum absolute atomic E-state index is 13.6. The highest BCUT2D eigenvalue weighted by molar-refractivity contribution is 7.21. The summed E-state index contributed by atoms with van der Waals surface area (Å²) >= 11 is 15.3. The number of aliphatic carboxylic acids is 1. The minimum atomic E-state index is -1.09. The molecule has 1 N–H and O–H groups in total. The molecule has 0 bridgehead atoms. The second kappa shape index (κ2) is 10.5. The van der Waals surface area contributed by atoms with E-state index in [0.717, 1.165) is 20.3 Å². The number of carboxylic acids is 1. The lowest BCUT2D eigenvalue weighted by Crippen LogP contribution is -2.46. The van der Waals surface area contributed by atoms with Crippen molar-refractivity contribution in [3.63, 3.8) is 0 Å². The standard InChI is InChI=1S/C24H18Cl2N2O3S2/c25-16-6-8-18(19(26)13-16)23(29)28(20(24(30)31)12-15-4-2-1-3-5-15)14-17-7-9-21(33-17)22-27-10-11-32-22/h1-11,13,20H,12,14H2,(H,30,31)/t20-/m0/s1. The Balaban J connectivity index is 1.70. The number of carbonyl (C=O) groups is 2. The average Bonchev–Trinajstić information content (AvgIpc) is 3.48. The maximum Gasteiger partial charge on any atom is 0.326 e. The molecular formula is C24H18Cl2N2O3S2. The highest BCUT2D eigenvalue weighted by atomic mass is 35.5. The van der Waals surface area contributed by atoms with Crippen LogP contribution in [0.3, 0.4) is 0 Å². The zero-order valence-corrected chi connectivity index (χ0v) is 20.3. The average molecular weight is 517 g/mol. The molecule has 0 aliphatic rings. The fourth-order valence-corrected chi connectivity index (χ4v) is 5.61. The van der Waals surface area contributed by atoms with Crippen molar-refractivity contribution in [1.82, 2.24) is 9.88 Å². The van der Waals surface area contributed by atoms with Gasteiger partial charge < -0.3 is 10.0 Å². The minimum Gasteiger partial charge on any atom is -0.480 e. The predicted molar refractivity (Wildman–Crippen MR) is 133 cm³/mol. The van der Waals surface area contributed by atoms with E-state index in [0.29, 0.717) is 5.02 Å². The predicted octanol–water partition coefficient (Wildman–Crippen LogP) is 6.52. The Morgan fingerprint density at radius 3 is 2.52 bits per heavy atom. The molecule has 1 atom stereocenters. The first-order chi connectivity index (χ1) is 15.9. The van der Waals surface area contributed by atoms with E-state index in [9.17, 15) is 14.7 Å². The number of benzene rings is 2. The number of halogens is 2. The third-order valence-electron chi connectivity index (χ3n) is 4.99. The SMILES string of the molecule is O=C(O)[C@H](Cc1ccccc1)N(Cc1ccc(-c2nccs2)s1)C(=O)c1ccc(Cl)cc1Cl. The topological polar surface area (TPSA) is 70.5 Å². The number of thiazole rings is 1. The quantitative estimate of drug-likeness (QED) is 0.289. The van der Waals surface area contributed by atoms with Crippen LogP contribution in [0.5, 0.6) is 0 Å². The Morgan fingerprint density at radius 2 is 1.85 bits per heavy atom. The van der Waals surface area contributed by atoms with Gasteiger partial charge in [0.1, 0.15) is 11.0 Å². The molecule has 0 unspecified atom stereocenters. The lowest BCUT2D eigenvalue weighted by molar-refractivity contribution is -0.142. The van der Waals surface area contributed by atoms with E-state index >= 15 is 0 Å². The van der Waals surface area contributed by atoms with Crippen LogP contribution in [0, 0.1) is 0 Å². The molecule has 2 aromatic carbocycles. The van der Waals surface area contributed by atoms with Gasteiger partial charge >= 0.3 is 5.97 Å². The number of hydrogen-bond acceptors (Lipinski definition) is 5. The lowest BCUT2D eigenvalue weighted by Gasteiger charge is -2.29. The van der Waals surface area contributed by atoms with Gasteiger partial charge in [-0.25, -0.2) is 9.78 Å². The first kappa shape index (κ1) is 23.4. The number of thiophene rings is 1. The van der Waals surface area contributed by atoms with Gasteiger partial charge in [-0.1, -0.05) is 53.5 Å². The molecule has 5 nitrogen and oxygen atoms in total. The van der Waals surface area contributed by atoms with Gasteiger partial charge in [0.05, 0.1) is 22.0 Å². The van der Waals surface area contributed by atoms with Crippen molar-refractivity contribution in [2.45, 2.75) is 19.0 Å². The zero-order chi connectivity index (χ0) is 23.4. The molecule has 0 radical (unpaired) electrons. The van der Waals surface area contributed by atoms with E-state index < -0.39 is 17.9 Å². The summed E-state index contributed by atoms with van der Waals surface area (Å²) in [7, 11) is 0. The lowest BCUT2D eigenvalue weighted by atomic mass is 10.0. The molecule has 168 valence electrons. The fraction of sp³-hybridized carbons (Fsp3) is 0.125. The molecule has 1 amide bonds. The number of aromatic nitrogens is 1. The van der Waals surface area contributed by atoms with E-state index in [4.69, 9.17) is 23.2 Å². The smallest absolute Gasteiger partial charge is 0.326 e. The summed E-state index contributed by atoms with van der Waals surface area (Å²) in [5.41, 5.74) is 1.02. The Kier molecular flexibility index (Phi) is 7.45. The largest absolute Gasteiger partial charge is 0.480 e. The van der Waals surface area contributed by atoms with Gasteiger partial charge in [0, 0.05) is 27.9 Å². The maximum atomic E-state index is 13.6. The number of amides is 1. The second-order valence-corrected chi connectivity index (χ2v) is 10.1. The fourth-order valence-electron chi connectivity index (χ4n) is 3.40. The monoisotopic (exact) mass is 516 g/mol. The van der Waals surface area contributed by atoms with Crippen molar-refractivity contribution in [3.05, 3.63) is 98.3 Å². The summed E-state index contributed by atoms with van der Waals surface area (Å²) in [6.45, 7) is 0.123. The molecule has 0 saturated heterocycles. The number of rotatable bonds is 8. The molecule has 9 heteroatoms. The highest BCUT2D eigenvalue weighted by Gasteiger charge is 2.32. The van der Waals surface area contributed by atoms with Gasteiger partial charge in [-0.2, -0.15) is 0 Å². The van der Waals surface area contributed by atoms with Crippen molar-refractivity contribution in [2.24, 2.45) is 0 Å². The zero-order valence-electron chi connectivity index (χ0n) is 17.2. The molecule has 2 heterocycles. The number of carboxylic acid groups (broad SMARTS) is 1. The van der Waals surface area contributed by atoms with Crippen molar-refractivity contribution < 1.29 is 14.7 Å². The van der Waals surface area contributed by atoms with Crippen LogP contribution in [0.25, 0.3) is 9.88 Å². The van der Waals surface area contributed by atoms with E-state index in [1.54, 1.807) is 12.3 Å². The molecule has 0 saturated carbocycles. The second-order valence-electron chi connectivity index (χ2n) is 7.20. The van der Waals surface area contributed by atoms with Crippen molar-refractivity contribution in [2.75, 3.05) is 0 Å². The molecule has 4 aromatic rings. The van der Waals surface area contributed by atoms with Crippen LogP contribution in [0.2, 0.25) is 10.0 Å². The Bertz CT molecular complexity index is 1260. The highest BCUT2D eigenvalue weighted by Crippen LogP contribution is 2.32. The van der Waals surface area contributed by atoms with Gasteiger partial charge in [-0.05, 0) is 35.9 Å². The Morgan fingerprint density at radius 1 is 1.06 bits per heavy atom. The van der Waals surface area contributed by atoms with Crippen molar-refractivity contribution >= 4 is 57.8 Å². The van der Waals surface area contributed by atoms with Gasteiger partial charge in [0.15, 0.2) is 0 Å². The van der Waals surface area contributed by atoms with Crippen LogP contribution in [0.4, 0.5) is 0 Å². The molecule has 2 aromatic heterocycles. The summed E-state index contributed by atoms with van der Waals surface area (Å²) in [4.78, 5) is 33.4. The molecule has 0 aliphatic heterocycles. The van der Waals surface area contributed by atoms with Crippen LogP contribution < -0.4 is 0 Å². The third-order valence-corrected chi connectivity index (χ3v) is 7.55. The van der Waals surface area contributed by atoms with Crippen molar-refractivity contribution in [3.8, 4) is 9.88 Å². The number of hydrogen-bond donors (Lipinski definition) is 1. The van der Waals surface area contributed by atoms with Crippen LogP contribution in [0.15, 0.2) is 72.2 Å². The van der Waals surface area contributed by atoms with Crippen molar-refractivity contribution in [1.29, 1.82) is 0 Å². The molecule has 33 heavy (non-hydrogen) atoms. The summed E-state index contributed by atoms with van der Waals surface area (Å²) < 4.78 is 0. The molecule has 0 spiro atoms. The third kappa shape index (κ3) is 5.62. The van der Waals surface area contributed by atoms with Gasteiger partial charge in [-0.15, -0.1) is 22.7 Å².